The lowest BCUT2D eigenvalue weighted by Gasteiger charge is -2.43. The number of aromatic amines is 2. The fourth-order valence-corrected chi connectivity index (χ4v) is 14.5. The van der Waals surface area contributed by atoms with E-state index < -0.39 is 10.8 Å². The highest BCUT2D eigenvalue weighted by atomic mass is 19.1. The second-order valence-electron chi connectivity index (χ2n) is 28.2. The molecule has 6 aliphatic rings. The van der Waals surface area contributed by atoms with E-state index in [0.29, 0.717) is 62.0 Å². The number of benzene rings is 3. The zero-order chi connectivity index (χ0) is 63.4. The van der Waals surface area contributed by atoms with Gasteiger partial charge in [-0.25, -0.2) is 8.78 Å². The summed E-state index contributed by atoms with van der Waals surface area (Å²) in [7, 11) is 0. The molecule has 18 nitrogen and oxygen atoms in total. The maximum atomic E-state index is 14.3. The van der Waals surface area contributed by atoms with Crippen molar-refractivity contribution in [2.75, 3.05) is 115 Å². The van der Waals surface area contributed by atoms with Crippen LogP contribution in [0.3, 0.4) is 0 Å². The van der Waals surface area contributed by atoms with E-state index in [0.717, 1.165) is 136 Å². The number of carbonyl (C=O) groups excluding carboxylic acids is 4. The smallest absolute Gasteiger partial charge is 0.251 e. The molecule has 5 aromatic rings. The third-order valence-corrected chi connectivity index (χ3v) is 19.9. The van der Waals surface area contributed by atoms with E-state index in [2.05, 4.69) is 92.4 Å². The summed E-state index contributed by atoms with van der Waals surface area (Å²) in [5, 5.41) is 13.7. The minimum atomic E-state index is -0.429. The van der Waals surface area contributed by atoms with Gasteiger partial charge in [-0.2, -0.15) is 0 Å². The van der Waals surface area contributed by atoms with E-state index >= 15 is 0 Å². The largest absolute Gasteiger partial charge is 0.356 e. The highest BCUT2D eigenvalue weighted by molar-refractivity contribution is 5.98. The van der Waals surface area contributed by atoms with Gasteiger partial charge in [0, 0.05) is 136 Å². The Labute approximate surface area is 527 Å². The first kappa shape index (κ1) is 64.6. The zero-order valence-corrected chi connectivity index (χ0v) is 53.4. The number of nitrogens with one attached hydrogen (secondary N) is 6. The number of fused-ring (bicyclic) bond motifs is 2. The van der Waals surface area contributed by atoms with Gasteiger partial charge in [-0.15, -0.1) is 0 Å². The Morgan fingerprint density at radius 3 is 1.26 bits per heavy atom. The average Bonchev–Trinajstić information content (AvgIpc) is 1.61. The number of anilines is 2. The van der Waals surface area contributed by atoms with Crippen molar-refractivity contribution in [2.45, 2.75) is 128 Å². The summed E-state index contributed by atoms with van der Waals surface area (Å²) in [6.07, 6.45) is 5.09. The molecule has 482 valence electrons. The van der Waals surface area contributed by atoms with Crippen molar-refractivity contribution in [2.24, 2.45) is 11.8 Å². The molecule has 3 aromatic carbocycles. The highest BCUT2D eigenvalue weighted by Crippen LogP contribution is 2.41. The van der Waals surface area contributed by atoms with Gasteiger partial charge in [0.15, 0.2) is 0 Å². The normalized spacial score (nSPS) is 22.5. The summed E-state index contributed by atoms with van der Waals surface area (Å²) < 4.78 is 27.3. The first-order valence-corrected chi connectivity index (χ1v) is 32.7. The molecule has 0 saturated carbocycles. The number of likely N-dealkylation sites (tertiary alicyclic amines) is 2. The first-order chi connectivity index (χ1) is 43.1. The van der Waals surface area contributed by atoms with Crippen molar-refractivity contribution >= 4 is 35.0 Å². The van der Waals surface area contributed by atoms with Gasteiger partial charge in [0.1, 0.15) is 11.6 Å². The minimum Gasteiger partial charge on any atom is -0.356 e. The lowest BCUT2D eigenvalue weighted by molar-refractivity contribution is -0.121. The van der Waals surface area contributed by atoms with Crippen LogP contribution in [0, 0.1) is 23.5 Å². The summed E-state index contributed by atoms with van der Waals surface area (Å²) in [5.41, 5.74) is 6.28. The van der Waals surface area contributed by atoms with Crippen molar-refractivity contribution in [3.8, 4) is 0 Å². The lowest BCUT2D eigenvalue weighted by Crippen LogP contribution is -2.61. The summed E-state index contributed by atoms with van der Waals surface area (Å²) in [6.45, 7) is 23.6. The highest BCUT2D eigenvalue weighted by Gasteiger charge is 2.43. The van der Waals surface area contributed by atoms with Crippen LogP contribution in [0.5, 0.6) is 0 Å². The van der Waals surface area contributed by atoms with Crippen molar-refractivity contribution in [1.82, 2.24) is 50.8 Å². The molecule has 0 unspecified atom stereocenters. The van der Waals surface area contributed by atoms with E-state index in [-0.39, 0.29) is 96.5 Å². The number of piperazine rings is 2. The molecule has 90 heavy (non-hydrogen) atoms. The molecule has 0 spiro atoms. The fourth-order valence-electron chi connectivity index (χ4n) is 14.5. The number of amides is 4. The molecular formula is C70H92F2N12O6. The van der Waals surface area contributed by atoms with Gasteiger partial charge in [0.25, 0.3) is 11.1 Å². The number of piperidine rings is 2. The molecule has 0 aliphatic carbocycles. The Morgan fingerprint density at radius 1 is 0.533 bits per heavy atom. The Hall–Kier alpha value is -6.94. The number of H-pyrrole nitrogens is 2. The minimum absolute atomic E-state index is 0.00509. The molecule has 20 heteroatoms. The molecule has 0 bridgehead atoms. The Morgan fingerprint density at radius 2 is 0.889 bits per heavy atom. The van der Waals surface area contributed by atoms with Gasteiger partial charge in [0.2, 0.25) is 23.6 Å². The van der Waals surface area contributed by atoms with Gasteiger partial charge >= 0.3 is 0 Å². The zero-order valence-electron chi connectivity index (χ0n) is 53.4. The van der Waals surface area contributed by atoms with Crippen molar-refractivity contribution in [3.05, 3.63) is 162 Å². The number of hydrogen-bond acceptors (Lipinski definition) is 12. The number of rotatable bonds is 20. The van der Waals surface area contributed by atoms with Gasteiger partial charge < -0.3 is 50.8 Å². The quantitative estimate of drug-likeness (QED) is 0.0594. The number of halogens is 2. The Bertz CT molecular complexity index is 3260. The maximum absolute atomic E-state index is 14.3. The van der Waals surface area contributed by atoms with Gasteiger partial charge in [-0.05, 0) is 136 Å². The number of pyridine rings is 2. The molecule has 0 radical (unpaired) electrons. The molecule has 4 amide bonds. The van der Waals surface area contributed by atoms with Crippen LogP contribution in [0.1, 0.15) is 112 Å². The third-order valence-electron chi connectivity index (χ3n) is 19.9. The Kier molecular flexibility index (Phi) is 20.0. The molecule has 4 fully saturated rings. The van der Waals surface area contributed by atoms with E-state index in [1.54, 1.807) is 24.3 Å². The predicted octanol–water partition coefficient (Wildman–Crippen LogP) is 5.24. The second-order valence-corrected chi connectivity index (χ2v) is 28.2. The predicted molar refractivity (Wildman–Crippen MR) is 347 cm³/mol. The summed E-state index contributed by atoms with van der Waals surface area (Å²) >= 11 is 0. The van der Waals surface area contributed by atoms with E-state index in [4.69, 9.17) is 0 Å². The number of aromatic nitrogens is 2. The standard InChI is InChI=1S/C70H92F2N12O6/c1-45-37-81(41-63(87)83-43-69(3,4)65-59(83)31-53(67(89)77-65)27-47-11-15-55(71)16-12-47)57(35-73-45)39-79-23-19-51(20-24-79)33-75-61(85)29-49-7-9-50(10-8-49)30-62(86)76-34-52-21-25-80(26-22-52)40-58-36-74-46(2)38-82(58)42-64(88)84-44-70(5,6)66-60(84)32-54(68(90)78-66)28-48-13-17-56(72)18-14-48/h7-18,31-32,45-46,51-52,57-58,73-74H,19-30,33-44H2,1-6H3,(H,75,85)(H,76,86)(H,77,89)(H,78,90)/t45-,46-,57-,58-/m1/s1. The van der Waals surface area contributed by atoms with E-state index in [1.807, 2.05) is 46.2 Å². The van der Waals surface area contributed by atoms with E-state index in [1.165, 1.54) is 24.3 Å². The molecule has 8 heterocycles. The number of carbonyl (C=O) groups is 4. The molecule has 6 aliphatic heterocycles. The van der Waals surface area contributed by atoms with E-state index in [9.17, 15) is 37.5 Å². The molecular weight excluding hydrogens is 1140 g/mol. The van der Waals surface area contributed by atoms with Crippen LogP contribution in [0.4, 0.5) is 20.2 Å². The average molecular weight is 1240 g/mol. The summed E-state index contributed by atoms with van der Waals surface area (Å²) in [4.78, 5) is 101. The Balaban J connectivity index is 0.576. The first-order valence-electron chi connectivity index (χ1n) is 32.7. The van der Waals surface area contributed by atoms with Gasteiger partial charge in [0.05, 0.1) is 37.3 Å². The molecule has 11 rings (SSSR count). The van der Waals surface area contributed by atoms with Crippen LogP contribution < -0.4 is 42.2 Å². The third kappa shape index (κ3) is 15.8. The SMILES string of the molecule is C[C@@H]1CN(CC(=O)N2CC(C)(C)c3[nH]c(=O)c(Cc4ccc(F)cc4)cc32)[C@@H](CN2CCC(CNC(=O)Cc3ccc(CC(=O)NCC4CCN(C[C@H]5CN[C@H](C)CN5CC(=O)N5CC(C)(C)c6[nH]c(=O)c(Cc7ccc(F)cc7)cc65)CC4)cc3)CC2)CN1. The van der Waals surface area contributed by atoms with Gasteiger partial charge in [-0.3, -0.25) is 38.6 Å². The summed E-state index contributed by atoms with van der Waals surface area (Å²) in [5.74, 6) is 0.0674. The topological polar surface area (TPSA) is 202 Å². The van der Waals surface area contributed by atoms with Crippen LogP contribution in [0.25, 0.3) is 0 Å². The molecule has 6 N–H and O–H groups in total. The van der Waals surface area contributed by atoms with Crippen molar-refractivity contribution < 1.29 is 28.0 Å². The van der Waals surface area contributed by atoms with Crippen LogP contribution >= 0.6 is 0 Å². The fraction of sp³-hybridized carbons (Fsp3) is 0.543. The summed E-state index contributed by atoms with van der Waals surface area (Å²) in [6, 6.07) is 24.5. The number of nitrogens with zero attached hydrogens (tertiary/aromatic N) is 6. The maximum Gasteiger partial charge on any atom is 0.251 e. The van der Waals surface area contributed by atoms with Crippen molar-refractivity contribution in [3.63, 3.8) is 0 Å². The second kappa shape index (κ2) is 27.9. The van der Waals surface area contributed by atoms with Crippen LogP contribution in [-0.4, -0.2) is 182 Å². The van der Waals surface area contributed by atoms with Crippen LogP contribution in [0.15, 0.2) is 94.5 Å². The van der Waals surface area contributed by atoms with Crippen molar-refractivity contribution in [1.29, 1.82) is 0 Å². The van der Waals surface area contributed by atoms with Crippen LogP contribution in [0.2, 0.25) is 0 Å². The molecule has 2 aromatic heterocycles. The lowest BCUT2D eigenvalue weighted by atomic mass is 9.91. The van der Waals surface area contributed by atoms with Gasteiger partial charge in [-0.1, -0.05) is 76.2 Å². The number of hydrogen-bond donors (Lipinski definition) is 6. The molecule has 4 saturated heterocycles. The molecule has 4 atom stereocenters. The monoisotopic (exact) mass is 1230 g/mol. The van der Waals surface area contributed by atoms with Crippen LogP contribution in [-0.2, 0) is 55.7 Å².